The van der Waals surface area contributed by atoms with E-state index in [2.05, 4.69) is 32.8 Å². The Balaban J connectivity index is 1.97. The van der Waals surface area contributed by atoms with Crippen LogP contribution in [-0.2, 0) is 0 Å². The fraction of sp³-hybridized carbons (Fsp3) is 0.286. The van der Waals surface area contributed by atoms with E-state index in [9.17, 15) is 9.59 Å². The van der Waals surface area contributed by atoms with E-state index in [1.165, 1.54) is 0 Å². The Kier molecular flexibility index (Phi) is 3.25. The zero-order chi connectivity index (χ0) is 14.3. The number of rotatable bonds is 4. The standard InChI is InChI=1S/C14H14BrN3O2/c1-8(15)7-16-13(19)9-2-5-11-12(6-9)18(10-3-4-10)14(20)17-11/h2,5-6,10H,1,3-4,7H2,(H,16,19)(H,17,20). The van der Waals surface area contributed by atoms with Gasteiger partial charge in [-0.15, -0.1) is 0 Å². The molecule has 20 heavy (non-hydrogen) atoms. The number of carbonyl (C=O) groups is 1. The molecule has 1 saturated carbocycles. The Bertz CT molecular complexity index is 755. The molecule has 2 N–H and O–H groups in total. The van der Waals surface area contributed by atoms with Crippen LogP contribution in [-0.4, -0.2) is 22.0 Å². The van der Waals surface area contributed by atoms with E-state index in [4.69, 9.17) is 0 Å². The van der Waals surface area contributed by atoms with Crippen LogP contribution < -0.4 is 11.0 Å². The van der Waals surface area contributed by atoms with Crippen molar-refractivity contribution in [3.8, 4) is 0 Å². The lowest BCUT2D eigenvalue weighted by Gasteiger charge is -2.05. The number of aromatic amines is 1. The fourth-order valence-electron chi connectivity index (χ4n) is 2.24. The van der Waals surface area contributed by atoms with Gasteiger partial charge in [-0.1, -0.05) is 22.5 Å². The van der Waals surface area contributed by atoms with Gasteiger partial charge in [0.2, 0.25) is 0 Å². The summed E-state index contributed by atoms with van der Waals surface area (Å²) in [6, 6.07) is 5.52. The zero-order valence-corrected chi connectivity index (χ0v) is 12.4. The van der Waals surface area contributed by atoms with E-state index < -0.39 is 0 Å². The number of imidazole rings is 1. The number of carbonyl (C=O) groups excluding carboxylic acids is 1. The summed E-state index contributed by atoms with van der Waals surface area (Å²) < 4.78 is 2.46. The van der Waals surface area contributed by atoms with Crippen molar-refractivity contribution >= 4 is 32.9 Å². The number of benzene rings is 1. The van der Waals surface area contributed by atoms with Crippen LogP contribution in [0.3, 0.4) is 0 Å². The second kappa shape index (κ2) is 4.94. The van der Waals surface area contributed by atoms with Gasteiger partial charge in [0.25, 0.3) is 5.91 Å². The summed E-state index contributed by atoms with van der Waals surface area (Å²) in [4.78, 5) is 26.7. The van der Waals surface area contributed by atoms with E-state index in [0.717, 1.165) is 23.9 Å². The molecule has 0 aliphatic heterocycles. The van der Waals surface area contributed by atoms with Gasteiger partial charge in [-0.3, -0.25) is 9.36 Å². The van der Waals surface area contributed by atoms with Gasteiger partial charge < -0.3 is 10.3 Å². The SMILES string of the molecule is C=C(Br)CNC(=O)c1ccc2[nH]c(=O)n(C3CC3)c2c1. The molecule has 2 aromatic rings. The van der Waals surface area contributed by atoms with Crippen LogP contribution in [0, 0.1) is 0 Å². The molecule has 0 saturated heterocycles. The highest BCUT2D eigenvalue weighted by Crippen LogP contribution is 2.35. The lowest BCUT2D eigenvalue weighted by molar-refractivity contribution is 0.0958. The molecule has 104 valence electrons. The van der Waals surface area contributed by atoms with Crippen LogP contribution in [0.15, 0.2) is 34.1 Å². The Morgan fingerprint density at radius 3 is 2.90 bits per heavy atom. The molecule has 0 radical (unpaired) electrons. The average molecular weight is 336 g/mol. The van der Waals surface area contributed by atoms with Gasteiger partial charge in [-0.2, -0.15) is 0 Å². The van der Waals surface area contributed by atoms with Crippen molar-refractivity contribution in [2.45, 2.75) is 18.9 Å². The van der Waals surface area contributed by atoms with Gasteiger partial charge in [0, 0.05) is 22.6 Å². The van der Waals surface area contributed by atoms with Crippen molar-refractivity contribution in [2.24, 2.45) is 0 Å². The van der Waals surface area contributed by atoms with Crippen molar-refractivity contribution in [1.29, 1.82) is 0 Å². The molecule has 0 spiro atoms. The van der Waals surface area contributed by atoms with E-state index in [-0.39, 0.29) is 17.6 Å². The number of fused-ring (bicyclic) bond motifs is 1. The van der Waals surface area contributed by atoms with Crippen LogP contribution in [0.25, 0.3) is 11.0 Å². The van der Waals surface area contributed by atoms with Crippen molar-refractivity contribution in [3.63, 3.8) is 0 Å². The second-order valence-corrected chi connectivity index (χ2v) is 6.08. The highest BCUT2D eigenvalue weighted by Gasteiger charge is 2.27. The first-order valence-corrected chi connectivity index (χ1v) is 7.21. The van der Waals surface area contributed by atoms with Gasteiger partial charge in [0.05, 0.1) is 11.0 Å². The number of hydrogen-bond donors (Lipinski definition) is 2. The lowest BCUT2D eigenvalue weighted by Crippen LogP contribution is -2.24. The maximum atomic E-state index is 12.0. The van der Waals surface area contributed by atoms with Crippen molar-refractivity contribution in [3.05, 3.63) is 45.3 Å². The Morgan fingerprint density at radius 1 is 1.50 bits per heavy atom. The molecule has 1 amide bonds. The molecule has 1 aliphatic rings. The number of amides is 1. The lowest BCUT2D eigenvalue weighted by atomic mass is 10.2. The van der Waals surface area contributed by atoms with Crippen LogP contribution in [0.1, 0.15) is 29.2 Å². The van der Waals surface area contributed by atoms with E-state index >= 15 is 0 Å². The number of H-pyrrole nitrogens is 1. The van der Waals surface area contributed by atoms with Gasteiger partial charge in [-0.25, -0.2) is 4.79 Å². The summed E-state index contributed by atoms with van der Waals surface area (Å²) in [5, 5.41) is 2.75. The summed E-state index contributed by atoms with van der Waals surface area (Å²) >= 11 is 3.20. The number of nitrogens with one attached hydrogen (secondary N) is 2. The van der Waals surface area contributed by atoms with Gasteiger partial charge >= 0.3 is 5.69 Å². The first kappa shape index (κ1) is 13.2. The molecule has 1 heterocycles. The fourth-order valence-corrected chi connectivity index (χ4v) is 2.38. The molecule has 6 heteroatoms. The molecule has 0 bridgehead atoms. The molecule has 1 aromatic carbocycles. The predicted octanol–water partition coefficient (Wildman–Crippen LogP) is 2.30. The molecule has 0 atom stereocenters. The van der Waals surface area contributed by atoms with E-state index in [1.54, 1.807) is 22.8 Å². The van der Waals surface area contributed by atoms with Crippen LogP contribution in [0.5, 0.6) is 0 Å². The maximum absolute atomic E-state index is 12.0. The van der Waals surface area contributed by atoms with Crippen LogP contribution in [0.4, 0.5) is 0 Å². The normalized spacial score (nSPS) is 14.4. The second-order valence-electron chi connectivity index (χ2n) is 4.96. The zero-order valence-electron chi connectivity index (χ0n) is 10.8. The Morgan fingerprint density at radius 2 is 2.25 bits per heavy atom. The van der Waals surface area contributed by atoms with Gasteiger partial charge in [-0.05, 0) is 31.0 Å². The first-order chi connectivity index (χ1) is 9.56. The summed E-state index contributed by atoms with van der Waals surface area (Å²) in [5.74, 6) is -0.177. The summed E-state index contributed by atoms with van der Waals surface area (Å²) in [7, 11) is 0. The largest absolute Gasteiger partial charge is 0.347 e. The summed E-state index contributed by atoms with van der Waals surface area (Å²) in [6.07, 6.45) is 2.04. The smallest absolute Gasteiger partial charge is 0.326 e. The Labute approximate surface area is 123 Å². The highest BCUT2D eigenvalue weighted by molar-refractivity contribution is 9.11. The summed E-state index contributed by atoms with van der Waals surface area (Å²) in [5.41, 5.74) is 2.00. The van der Waals surface area contributed by atoms with E-state index in [0.29, 0.717) is 16.6 Å². The number of aromatic nitrogens is 2. The van der Waals surface area contributed by atoms with Crippen molar-refractivity contribution in [1.82, 2.24) is 14.9 Å². The maximum Gasteiger partial charge on any atom is 0.326 e. The molecular formula is C14H14BrN3O2. The topological polar surface area (TPSA) is 66.9 Å². The molecule has 1 aromatic heterocycles. The molecule has 0 unspecified atom stereocenters. The van der Waals surface area contributed by atoms with Crippen LogP contribution in [0.2, 0.25) is 0 Å². The predicted molar refractivity (Wildman–Crippen MR) is 81.2 cm³/mol. The van der Waals surface area contributed by atoms with Gasteiger partial charge in [0.15, 0.2) is 0 Å². The minimum absolute atomic E-state index is 0.103. The van der Waals surface area contributed by atoms with E-state index in [1.807, 2.05) is 0 Å². The average Bonchev–Trinajstić information content (AvgIpc) is 3.18. The van der Waals surface area contributed by atoms with Gasteiger partial charge in [0.1, 0.15) is 0 Å². The van der Waals surface area contributed by atoms with Crippen LogP contribution >= 0.6 is 15.9 Å². The molecule has 1 fully saturated rings. The van der Waals surface area contributed by atoms with Crippen molar-refractivity contribution < 1.29 is 4.79 Å². The minimum atomic E-state index is -0.177. The number of nitrogens with zero attached hydrogens (tertiary/aromatic N) is 1. The number of hydrogen-bond acceptors (Lipinski definition) is 2. The highest BCUT2D eigenvalue weighted by atomic mass is 79.9. The minimum Gasteiger partial charge on any atom is -0.347 e. The number of halogens is 1. The monoisotopic (exact) mass is 335 g/mol. The quantitative estimate of drug-likeness (QED) is 0.900. The van der Waals surface area contributed by atoms with Crippen molar-refractivity contribution in [2.75, 3.05) is 6.54 Å². The first-order valence-electron chi connectivity index (χ1n) is 6.42. The third-order valence-electron chi connectivity index (χ3n) is 3.33. The molecule has 1 aliphatic carbocycles. The molecule has 5 nitrogen and oxygen atoms in total. The molecule has 3 rings (SSSR count). The summed E-state index contributed by atoms with van der Waals surface area (Å²) in [6.45, 7) is 4.05. The third-order valence-corrected chi connectivity index (χ3v) is 3.61. The Hall–Kier alpha value is -1.82. The molecular weight excluding hydrogens is 322 g/mol. The third kappa shape index (κ3) is 2.43.